The molecule has 86 valence electrons. The van der Waals surface area contributed by atoms with Crippen LogP contribution in [-0.4, -0.2) is 4.98 Å². The van der Waals surface area contributed by atoms with Crippen LogP contribution in [-0.2, 0) is 0 Å². The number of pyridine rings is 1. The Bertz CT molecular complexity index is 895. The average molecular weight is 254 g/mol. The van der Waals surface area contributed by atoms with E-state index in [2.05, 4.69) is 29.2 Å². The molecule has 0 aliphatic heterocycles. The van der Waals surface area contributed by atoms with Gasteiger partial charge in [-0.05, 0) is 11.5 Å². The van der Waals surface area contributed by atoms with Gasteiger partial charge in [0.1, 0.15) is 16.3 Å². The Morgan fingerprint density at radius 2 is 1.83 bits per heavy atom. The molecule has 4 rings (SSSR count). The largest absolute Gasteiger partial charge is 0.455 e. The molecule has 0 saturated heterocycles. The summed E-state index contributed by atoms with van der Waals surface area (Å²) in [5.41, 5.74) is 1.67. The van der Waals surface area contributed by atoms with Gasteiger partial charge in [-0.3, -0.25) is 0 Å². The molecule has 0 amide bonds. The van der Waals surface area contributed by atoms with Gasteiger partial charge in [-0.25, -0.2) is 4.98 Å². The predicted molar refractivity (Wildman–Crippen MR) is 74.0 cm³/mol. The van der Waals surface area contributed by atoms with Gasteiger partial charge < -0.3 is 4.42 Å². The van der Waals surface area contributed by atoms with Gasteiger partial charge in [0, 0.05) is 28.4 Å². The standard InChI is InChI=1S/C15H8ClNO/c16-14-7-13-12(8-17-14)11-6-5-9-3-1-2-4-10(9)15(11)18-13/h1-8H. The fourth-order valence-electron chi connectivity index (χ4n) is 2.37. The molecule has 4 aromatic rings. The summed E-state index contributed by atoms with van der Waals surface area (Å²) in [6.45, 7) is 0. The fourth-order valence-corrected chi connectivity index (χ4v) is 2.52. The topological polar surface area (TPSA) is 26.0 Å². The lowest BCUT2D eigenvalue weighted by atomic mass is 10.1. The van der Waals surface area contributed by atoms with Gasteiger partial charge >= 0.3 is 0 Å². The van der Waals surface area contributed by atoms with Crippen molar-refractivity contribution in [2.45, 2.75) is 0 Å². The Morgan fingerprint density at radius 1 is 0.944 bits per heavy atom. The van der Waals surface area contributed by atoms with Gasteiger partial charge in [0.15, 0.2) is 0 Å². The fraction of sp³-hybridized carbons (Fsp3) is 0. The molecule has 0 N–H and O–H groups in total. The van der Waals surface area contributed by atoms with Crippen LogP contribution in [0.3, 0.4) is 0 Å². The highest BCUT2D eigenvalue weighted by molar-refractivity contribution is 6.30. The summed E-state index contributed by atoms with van der Waals surface area (Å²) in [5.74, 6) is 0. The molecule has 2 aromatic heterocycles. The van der Waals surface area contributed by atoms with Crippen LogP contribution in [0.5, 0.6) is 0 Å². The number of hydrogen-bond acceptors (Lipinski definition) is 2. The zero-order valence-corrected chi connectivity index (χ0v) is 10.1. The lowest BCUT2D eigenvalue weighted by Gasteiger charge is -1.96. The maximum atomic E-state index is 5.92. The third-order valence-electron chi connectivity index (χ3n) is 3.21. The number of furan rings is 1. The van der Waals surface area contributed by atoms with E-state index >= 15 is 0 Å². The summed E-state index contributed by atoms with van der Waals surface area (Å²) in [6.07, 6.45) is 1.76. The first kappa shape index (κ1) is 9.92. The first-order chi connectivity index (χ1) is 8.83. The monoisotopic (exact) mass is 253 g/mol. The Morgan fingerprint density at radius 3 is 2.78 bits per heavy atom. The van der Waals surface area contributed by atoms with Crippen molar-refractivity contribution in [3.63, 3.8) is 0 Å². The van der Waals surface area contributed by atoms with E-state index in [0.717, 1.165) is 27.3 Å². The SMILES string of the molecule is Clc1cc2oc3c4ccccc4ccc3c2cn1. The molecular formula is C15H8ClNO. The van der Waals surface area contributed by atoms with Crippen LogP contribution in [0.25, 0.3) is 32.7 Å². The first-order valence-corrected chi connectivity index (χ1v) is 6.06. The number of benzene rings is 2. The average Bonchev–Trinajstić information content (AvgIpc) is 2.76. The van der Waals surface area contributed by atoms with Crippen molar-refractivity contribution in [3.8, 4) is 0 Å². The normalized spacial score (nSPS) is 11.6. The molecule has 3 heteroatoms. The van der Waals surface area contributed by atoms with Crippen molar-refractivity contribution < 1.29 is 4.42 Å². The Balaban J connectivity index is 2.29. The summed E-state index contributed by atoms with van der Waals surface area (Å²) >= 11 is 5.89. The summed E-state index contributed by atoms with van der Waals surface area (Å²) < 4.78 is 5.92. The van der Waals surface area contributed by atoms with Gasteiger partial charge in [0.2, 0.25) is 0 Å². The summed E-state index contributed by atoms with van der Waals surface area (Å²) in [5, 5.41) is 4.81. The van der Waals surface area contributed by atoms with E-state index < -0.39 is 0 Å². The maximum absolute atomic E-state index is 5.92. The lowest BCUT2D eigenvalue weighted by Crippen LogP contribution is -1.74. The molecule has 18 heavy (non-hydrogen) atoms. The van der Waals surface area contributed by atoms with Crippen molar-refractivity contribution in [2.24, 2.45) is 0 Å². The minimum Gasteiger partial charge on any atom is -0.455 e. The van der Waals surface area contributed by atoms with E-state index in [-0.39, 0.29) is 0 Å². The van der Waals surface area contributed by atoms with Crippen molar-refractivity contribution in [1.29, 1.82) is 0 Å². The molecule has 2 aromatic carbocycles. The van der Waals surface area contributed by atoms with Gasteiger partial charge in [0.25, 0.3) is 0 Å². The minimum atomic E-state index is 0.450. The van der Waals surface area contributed by atoms with Gasteiger partial charge in [-0.1, -0.05) is 41.9 Å². The molecule has 0 radical (unpaired) electrons. The van der Waals surface area contributed by atoms with Crippen LogP contribution in [0.15, 0.2) is 53.1 Å². The minimum absolute atomic E-state index is 0.450. The van der Waals surface area contributed by atoms with Crippen LogP contribution in [0.2, 0.25) is 5.15 Å². The summed E-state index contributed by atoms with van der Waals surface area (Å²) in [6, 6.07) is 14.1. The molecular weight excluding hydrogens is 246 g/mol. The second kappa shape index (κ2) is 3.47. The predicted octanol–water partition coefficient (Wildman–Crippen LogP) is 4.79. The molecule has 0 atom stereocenters. The molecule has 0 fully saturated rings. The quantitative estimate of drug-likeness (QED) is 0.421. The number of nitrogens with zero attached hydrogens (tertiary/aromatic N) is 1. The second-order valence-electron chi connectivity index (χ2n) is 4.27. The van der Waals surface area contributed by atoms with Crippen LogP contribution >= 0.6 is 11.6 Å². The Labute approximate surface area is 108 Å². The molecule has 0 unspecified atom stereocenters. The van der Waals surface area contributed by atoms with Crippen molar-refractivity contribution in [2.75, 3.05) is 0 Å². The van der Waals surface area contributed by atoms with E-state index in [1.54, 1.807) is 12.3 Å². The smallest absolute Gasteiger partial charge is 0.143 e. The van der Waals surface area contributed by atoms with Crippen LogP contribution in [0, 0.1) is 0 Å². The summed E-state index contributed by atoms with van der Waals surface area (Å²) in [7, 11) is 0. The van der Waals surface area contributed by atoms with Gasteiger partial charge in [-0.15, -0.1) is 0 Å². The zero-order valence-electron chi connectivity index (χ0n) is 9.35. The number of hydrogen-bond donors (Lipinski definition) is 0. The summed E-state index contributed by atoms with van der Waals surface area (Å²) in [4.78, 5) is 4.12. The number of halogens is 1. The molecule has 0 aliphatic rings. The number of rotatable bonds is 0. The third kappa shape index (κ3) is 1.27. The molecule has 0 saturated carbocycles. The van der Waals surface area contributed by atoms with Crippen LogP contribution in [0.1, 0.15) is 0 Å². The Hall–Kier alpha value is -2.06. The molecule has 0 spiro atoms. The lowest BCUT2D eigenvalue weighted by molar-refractivity contribution is 0.672. The van der Waals surface area contributed by atoms with E-state index in [4.69, 9.17) is 16.0 Å². The Kier molecular flexibility index (Phi) is 1.91. The van der Waals surface area contributed by atoms with E-state index in [1.807, 2.05) is 12.1 Å². The molecule has 0 bridgehead atoms. The first-order valence-electron chi connectivity index (χ1n) is 5.68. The third-order valence-corrected chi connectivity index (χ3v) is 3.42. The van der Waals surface area contributed by atoms with E-state index in [0.29, 0.717) is 5.15 Å². The van der Waals surface area contributed by atoms with E-state index in [1.165, 1.54) is 5.39 Å². The highest BCUT2D eigenvalue weighted by Gasteiger charge is 2.10. The van der Waals surface area contributed by atoms with Crippen molar-refractivity contribution in [1.82, 2.24) is 4.98 Å². The number of aromatic nitrogens is 1. The van der Waals surface area contributed by atoms with Crippen molar-refractivity contribution >= 4 is 44.3 Å². The van der Waals surface area contributed by atoms with E-state index in [9.17, 15) is 0 Å². The zero-order chi connectivity index (χ0) is 12.1. The second-order valence-corrected chi connectivity index (χ2v) is 4.66. The molecule has 2 heterocycles. The van der Waals surface area contributed by atoms with Crippen LogP contribution in [0.4, 0.5) is 0 Å². The molecule has 2 nitrogen and oxygen atoms in total. The van der Waals surface area contributed by atoms with Gasteiger partial charge in [0.05, 0.1) is 0 Å². The van der Waals surface area contributed by atoms with Crippen LogP contribution < -0.4 is 0 Å². The molecule has 0 aliphatic carbocycles. The highest BCUT2D eigenvalue weighted by atomic mass is 35.5. The number of fused-ring (bicyclic) bond motifs is 5. The van der Waals surface area contributed by atoms with Crippen molar-refractivity contribution in [3.05, 3.63) is 53.8 Å². The van der Waals surface area contributed by atoms with Gasteiger partial charge in [-0.2, -0.15) is 0 Å². The maximum Gasteiger partial charge on any atom is 0.143 e. The highest BCUT2D eigenvalue weighted by Crippen LogP contribution is 2.34.